The van der Waals surface area contributed by atoms with Gasteiger partial charge in [-0.3, -0.25) is 0 Å². The summed E-state index contributed by atoms with van der Waals surface area (Å²) in [5.74, 6) is 1.07. The average Bonchev–Trinajstić information content (AvgIpc) is 3.45. The molecule has 6 nitrogen and oxygen atoms in total. The van der Waals surface area contributed by atoms with Crippen molar-refractivity contribution in [2.75, 3.05) is 49.5 Å². The minimum atomic E-state index is -1.71. The van der Waals surface area contributed by atoms with E-state index < -0.39 is 3.79 Å². The summed E-state index contributed by atoms with van der Waals surface area (Å²) in [6.45, 7) is 6.43. The highest BCUT2D eigenvalue weighted by Gasteiger charge is 2.28. The number of hydrogen-bond acceptors (Lipinski definition) is 6. The first kappa shape index (κ1) is 21.9. The van der Waals surface area contributed by atoms with E-state index in [1.54, 1.807) is 0 Å². The van der Waals surface area contributed by atoms with Crippen LogP contribution in [-0.2, 0) is 3.79 Å². The number of likely N-dealkylation sites (tertiary alicyclic amines) is 1. The van der Waals surface area contributed by atoms with Crippen molar-refractivity contribution < 1.29 is 0 Å². The van der Waals surface area contributed by atoms with Gasteiger partial charge in [0.1, 0.15) is 0 Å². The van der Waals surface area contributed by atoms with Crippen LogP contribution in [0.1, 0.15) is 37.9 Å². The van der Waals surface area contributed by atoms with Gasteiger partial charge in [0.25, 0.3) is 0 Å². The summed E-state index contributed by atoms with van der Waals surface area (Å²) in [6, 6.07) is 8.23. The van der Waals surface area contributed by atoms with Crippen LogP contribution < -0.4 is 10.2 Å². The predicted octanol–water partition coefficient (Wildman–Crippen LogP) is 4.86. The molecule has 3 heterocycles. The molecule has 4 rings (SSSR count). The molecule has 0 bridgehead atoms. The maximum absolute atomic E-state index is 6.09. The lowest BCUT2D eigenvalue weighted by atomic mass is 10.2. The van der Waals surface area contributed by atoms with Crippen LogP contribution in [0.4, 0.5) is 11.6 Å². The number of anilines is 2. The zero-order valence-corrected chi connectivity index (χ0v) is 19.2. The molecule has 162 valence electrons. The van der Waals surface area contributed by atoms with E-state index in [2.05, 4.69) is 42.2 Å². The van der Waals surface area contributed by atoms with Gasteiger partial charge >= 0.3 is 0 Å². The van der Waals surface area contributed by atoms with E-state index >= 15 is 0 Å². The second-order valence-corrected chi connectivity index (χ2v) is 10.2. The fourth-order valence-electron chi connectivity index (χ4n) is 4.02. The Bertz CT molecular complexity index is 828. The second-order valence-electron chi connectivity index (χ2n) is 7.87. The molecule has 0 saturated carbocycles. The predicted molar refractivity (Wildman–Crippen MR) is 125 cm³/mol. The standard InChI is InChI=1S/C21H27Cl3N6/c22-21(23,24)19-26-18(16-6-8-17(9-7-16)30-14-3-4-15-30)27-20(28-19)25-10-5-13-29-11-1-2-12-29/h6-9H,1-5,10-15H2,(H,25,26,27,28). The molecule has 2 fully saturated rings. The summed E-state index contributed by atoms with van der Waals surface area (Å²) < 4.78 is -1.71. The van der Waals surface area contributed by atoms with Gasteiger partial charge < -0.3 is 15.1 Å². The highest BCUT2D eigenvalue weighted by molar-refractivity contribution is 6.66. The monoisotopic (exact) mass is 468 g/mol. The molecular formula is C21H27Cl3N6. The first-order valence-corrected chi connectivity index (χ1v) is 11.8. The first-order chi connectivity index (χ1) is 14.5. The number of nitrogens with zero attached hydrogens (tertiary/aromatic N) is 5. The van der Waals surface area contributed by atoms with Gasteiger partial charge in [0.2, 0.25) is 9.74 Å². The number of nitrogens with one attached hydrogen (secondary N) is 1. The lowest BCUT2D eigenvalue weighted by Crippen LogP contribution is -2.23. The van der Waals surface area contributed by atoms with Crippen molar-refractivity contribution in [3.63, 3.8) is 0 Å². The van der Waals surface area contributed by atoms with Gasteiger partial charge in [-0.1, -0.05) is 34.8 Å². The van der Waals surface area contributed by atoms with Crippen LogP contribution >= 0.6 is 34.8 Å². The average molecular weight is 470 g/mol. The summed E-state index contributed by atoms with van der Waals surface area (Å²) in [4.78, 5) is 18.2. The molecule has 30 heavy (non-hydrogen) atoms. The minimum absolute atomic E-state index is 0.128. The number of rotatable bonds is 7. The summed E-state index contributed by atoms with van der Waals surface area (Å²) in [6.07, 6.45) is 6.10. The number of alkyl halides is 3. The van der Waals surface area contributed by atoms with E-state index in [-0.39, 0.29) is 5.82 Å². The highest BCUT2D eigenvalue weighted by atomic mass is 35.6. The number of hydrogen-bond donors (Lipinski definition) is 1. The van der Waals surface area contributed by atoms with Crippen LogP contribution in [-0.4, -0.2) is 59.1 Å². The molecule has 2 saturated heterocycles. The SMILES string of the molecule is ClC(Cl)(Cl)c1nc(NCCCN2CCCC2)nc(-c2ccc(N3CCCC3)cc2)n1. The molecule has 1 aromatic carbocycles. The van der Waals surface area contributed by atoms with Crippen LogP contribution in [0.5, 0.6) is 0 Å². The first-order valence-electron chi connectivity index (χ1n) is 10.6. The normalized spacial score (nSPS) is 17.6. The lowest BCUT2D eigenvalue weighted by Gasteiger charge is -2.18. The van der Waals surface area contributed by atoms with Crippen molar-refractivity contribution in [3.8, 4) is 11.4 Å². The summed E-state index contributed by atoms with van der Waals surface area (Å²) in [5, 5.41) is 3.27. The number of aromatic nitrogens is 3. The van der Waals surface area contributed by atoms with Gasteiger partial charge in [-0.25, -0.2) is 4.98 Å². The summed E-state index contributed by atoms with van der Waals surface area (Å²) in [7, 11) is 0. The quantitative estimate of drug-likeness (QED) is 0.461. The summed E-state index contributed by atoms with van der Waals surface area (Å²) >= 11 is 18.3. The van der Waals surface area contributed by atoms with Gasteiger partial charge in [-0.15, -0.1) is 0 Å². The van der Waals surface area contributed by atoms with Crippen LogP contribution in [0.3, 0.4) is 0 Å². The van der Waals surface area contributed by atoms with Crippen LogP contribution in [0, 0.1) is 0 Å². The Balaban J connectivity index is 1.47. The van der Waals surface area contributed by atoms with E-state index in [0.717, 1.165) is 38.2 Å². The topological polar surface area (TPSA) is 57.2 Å². The third kappa shape index (κ3) is 5.67. The van der Waals surface area contributed by atoms with Gasteiger partial charge in [0.05, 0.1) is 0 Å². The molecule has 0 amide bonds. The van der Waals surface area contributed by atoms with Gasteiger partial charge in [-0.05, 0) is 76.0 Å². The molecule has 0 atom stereocenters. The fourth-order valence-corrected chi connectivity index (χ4v) is 4.27. The van der Waals surface area contributed by atoms with E-state index in [1.807, 2.05) is 12.1 Å². The Hall–Kier alpha value is -1.34. The third-order valence-corrected chi connectivity index (χ3v) is 6.13. The van der Waals surface area contributed by atoms with Gasteiger partial charge in [0.15, 0.2) is 11.6 Å². The zero-order valence-electron chi connectivity index (χ0n) is 17.0. The number of benzene rings is 1. The van der Waals surface area contributed by atoms with Crippen LogP contribution in [0.15, 0.2) is 24.3 Å². The smallest absolute Gasteiger partial charge is 0.250 e. The Morgan fingerprint density at radius 2 is 1.53 bits per heavy atom. The number of halogens is 3. The fraction of sp³-hybridized carbons (Fsp3) is 0.571. The Morgan fingerprint density at radius 3 is 2.20 bits per heavy atom. The Labute approximate surface area is 192 Å². The van der Waals surface area contributed by atoms with E-state index in [0.29, 0.717) is 11.8 Å². The molecule has 1 aromatic heterocycles. The second kappa shape index (κ2) is 9.86. The molecule has 2 aromatic rings. The van der Waals surface area contributed by atoms with Crippen molar-refractivity contribution in [1.29, 1.82) is 0 Å². The van der Waals surface area contributed by atoms with Gasteiger partial charge in [0, 0.05) is 30.9 Å². The molecule has 2 aliphatic heterocycles. The van der Waals surface area contributed by atoms with E-state index in [9.17, 15) is 0 Å². The molecule has 0 unspecified atom stereocenters. The van der Waals surface area contributed by atoms with Crippen molar-refractivity contribution in [3.05, 3.63) is 30.1 Å². The third-order valence-electron chi connectivity index (χ3n) is 5.62. The van der Waals surface area contributed by atoms with E-state index in [4.69, 9.17) is 34.8 Å². The molecule has 9 heteroatoms. The maximum atomic E-state index is 6.09. The van der Waals surface area contributed by atoms with Crippen molar-refractivity contribution >= 4 is 46.4 Å². The van der Waals surface area contributed by atoms with Crippen molar-refractivity contribution in [2.24, 2.45) is 0 Å². The molecule has 2 aliphatic rings. The highest BCUT2D eigenvalue weighted by Crippen LogP contribution is 2.37. The zero-order chi connectivity index (χ0) is 21.0. The van der Waals surface area contributed by atoms with Crippen LogP contribution in [0.2, 0.25) is 0 Å². The summed E-state index contributed by atoms with van der Waals surface area (Å²) in [5.41, 5.74) is 2.09. The Morgan fingerprint density at radius 1 is 0.867 bits per heavy atom. The molecule has 0 radical (unpaired) electrons. The molecule has 0 aliphatic carbocycles. The maximum Gasteiger partial charge on any atom is 0.250 e. The van der Waals surface area contributed by atoms with E-state index in [1.165, 1.54) is 44.5 Å². The largest absolute Gasteiger partial charge is 0.372 e. The molecular weight excluding hydrogens is 443 g/mol. The molecule has 0 spiro atoms. The molecule has 1 N–H and O–H groups in total. The minimum Gasteiger partial charge on any atom is -0.372 e. The van der Waals surface area contributed by atoms with Crippen molar-refractivity contribution in [2.45, 2.75) is 35.9 Å². The van der Waals surface area contributed by atoms with Gasteiger partial charge in [-0.2, -0.15) is 9.97 Å². The Kier molecular flexibility index (Phi) is 7.19. The van der Waals surface area contributed by atoms with Crippen LogP contribution in [0.25, 0.3) is 11.4 Å². The van der Waals surface area contributed by atoms with Crippen molar-refractivity contribution in [1.82, 2.24) is 19.9 Å². The lowest BCUT2D eigenvalue weighted by molar-refractivity contribution is 0.337.